The second-order valence-corrected chi connectivity index (χ2v) is 9.59. The molecule has 1 atom stereocenters. The highest BCUT2D eigenvalue weighted by molar-refractivity contribution is 5.89. The molecule has 0 saturated carbocycles. The van der Waals surface area contributed by atoms with Crippen LogP contribution in [-0.4, -0.2) is 79.8 Å². The fourth-order valence-corrected chi connectivity index (χ4v) is 4.08. The Bertz CT molecular complexity index is 1250. The summed E-state index contributed by atoms with van der Waals surface area (Å²) in [6.45, 7) is 3.00. The second kappa shape index (κ2) is 17.2. The molecule has 0 fully saturated rings. The molecule has 0 bridgehead atoms. The molecule has 14 nitrogen and oxygen atoms in total. The molecule has 0 unspecified atom stereocenters. The van der Waals surface area contributed by atoms with Crippen molar-refractivity contribution in [3.63, 3.8) is 0 Å². The first-order chi connectivity index (χ1) is 20.3. The molecule has 224 valence electrons. The minimum absolute atomic E-state index is 0.139. The highest BCUT2D eigenvalue weighted by atomic mass is 16.5. The van der Waals surface area contributed by atoms with Crippen LogP contribution in [0.15, 0.2) is 55.0 Å². The van der Waals surface area contributed by atoms with Gasteiger partial charge in [-0.3, -0.25) is 34.0 Å². The van der Waals surface area contributed by atoms with Crippen molar-refractivity contribution in [2.45, 2.75) is 58.4 Å². The molecule has 0 aliphatic heterocycles. The number of hydrogen-bond acceptors (Lipinski definition) is 10. The fourth-order valence-electron chi connectivity index (χ4n) is 4.08. The third-order valence-corrected chi connectivity index (χ3v) is 6.08. The van der Waals surface area contributed by atoms with E-state index in [1.165, 1.54) is 18.7 Å². The van der Waals surface area contributed by atoms with Crippen molar-refractivity contribution < 1.29 is 23.9 Å². The summed E-state index contributed by atoms with van der Waals surface area (Å²) in [5, 5.41) is 16.2. The summed E-state index contributed by atoms with van der Waals surface area (Å²) in [6, 6.07) is 10.6. The van der Waals surface area contributed by atoms with Crippen molar-refractivity contribution in [1.29, 1.82) is 0 Å². The van der Waals surface area contributed by atoms with Gasteiger partial charge < -0.3 is 20.7 Å². The molecule has 3 N–H and O–H groups in total. The van der Waals surface area contributed by atoms with Gasteiger partial charge in [-0.15, -0.1) is 5.10 Å². The zero-order valence-corrected chi connectivity index (χ0v) is 23.9. The maximum Gasteiger partial charge on any atom is 0.325 e. The Morgan fingerprint density at radius 1 is 0.929 bits per heavy atom. The van der Waals surface area contributed by atoms with Crippen LogP contribution in [0.5, 0.6) is 0 Å². The molecule has 14 heteroatoms. The lowest BCUT2D eigenvalue weighted by Gasteiger charge is -2.20. The number of methoxy groups -OCH3 is 1. The van der Waals surface area contributed by atoms with Crippen LogP contribution >= 0.6 is 0 Å². The van der Waals surface area contributed by atoms with Gasteiger partial charge in [0.15, 0.2) is 0 Å². The number of carbonyl (C=O) groups excluding carboxylic acids is 4. The number of carbonyl (C=O) groups is 4. The standard InChI is InChI=1S/C28H37N9O5/c1-21(38)29-12-8-5-11-25(28(41)32-15-27(40)42-2)33-26(39)20-37-19-24(34-35-37)18-36(16-22-9-3-6-13-30-22)17-23-10-4-7-14-31-23/h3-4,6-7,9-10,13-14,19,25H,5,8,11-12,15-18,20H2,1-2H3,(H,29,38)(H,32,41)(H,33,39)/t25-/m0/s1. The summed E-state index contributed by atoms with van der Waals surface area (Å²) in [6.07, 6.45) is 6.67. The predicted octanol–water partition coefficient (Wildman–Crippen LogP) is 0.351. The van der Waals surface area contributed by atoms with Gasteiger partial charge in [-0.05, 0) is 43.5 Å². The predicted molar refractivity (Wildman–Crippen MR) is 151 cm³/mol. The van der Waals surface area contributed by atoms with E-state index in [0.717, 1.165) is 11.4 Å². The summed E-state index contributed by atoms with van der Waals surface area (Å²) >= 11 is 0. The quantitative estimate of drug-likeness (QED) is 0.150. The van der Waals surface area contributed by atoms with E-state index in [-0.39, 0.29) is 19.0 Å². The van der Waals surface area contributed by atoms with Crippen LogP contribution in [0.4, 0.5) is 0 Å². The van der Waals surface area contributed by atoms with Gasteiger partial charge in [-0.1, -0.05) is 17.3 Å². The number of amides is 3. The van der Waals surface area contributed by atoms with Crippen LogP contribution in [-0.2, 0) is 50.1 Å². The van der Waals surface area contributed by atoms with Gasteiger partial charge in [-0.2, -0.15) is 0 Å². The minimum Gasteiger partial charge on any atom is -0.468 e. The van der Waals surface area contributed by atoms with Crippen molar-refractivity contribution in [2.24, 2.45) is 0 Å². The highest BCUT2D eigenvalue weighted by Gasteiger charge is 2.22. The van der Waals surface area contributed by atoms with Crippen molar-refractivity contribution >= 4 is 23.7 Å². The molecule has 0 aliphatic carbocycles. The number of hydrogen-bond donors (Lipinski definition) is 3. The summed E-state index contributed by atoms with van der Waals surface area (Å²) in [4.78, 5) is 59.1. The number of rotatable bonds is 17. The molecular weight excluding hydrogens is 542 g/mol. The summed E-state index contributed by atoms with van der Waals surface area (Å²) in [5.74, 6) is -1.69. The Labute approximate surface area is 244 Å². The average molecular weight is 580 g/mol. The third kappa shape index (κ3) is 11.8. The first-order valence-electron chi connectivity index (χ1n) is 13.6. The van der Waals surface area contributed by atoms with E-state index in [1.807, 2.05) is 36.4 Å². The Kier molecular flexibility index (Phi) is 13.0. The first kappa shape index (κ1) is 31.8. The second-order valence-electron chi connectivity index (χ2n) is 9.59. The average Bonchev–Trinajstić information content (AvgIpc) is 3.41. The van der Waals surface area contributed by atoms with Gasteiger partial charge in [0.25, 0.3) is 0 Å². The monoisotopic (exact) mass is 579 g/mol. The molecule has 42 heavy (non-hydrogen) atoms. The molecule has 3 amide bonds. The smallest absolute Gasteiger partial charge is 0.325 e. The zero-order valence-electron chi connectivity index (χ0n) is 23.9. The molecule has 0 aromatic carbocycles. The van der Waals surface area contributed by atoms with Crippen LogP contribution in [0.25, 0.3) is 0 Å². The molecular formula is C28H37N9O5. The van der Waals surface area contributed by atoms with E-state index in [4.69, 9.17) is 0 Å². The largest absolute Gasteiger partial charge is 0.468 e. The highest BCUT2D eigenvalue weighted by Crippen LogP contribution is 2.11. The van der Waals surface area contributed by atoms with Gasteiger partial charge in [0.05, 0.1) is 30.4 Å². The number of nitrogens with one attached hydrogen (secondary N) is 3. The van der Waals surface area contributed by atoms with Crippen molar-refractivity contribution in [3.8, 4) is 0 Å². The maximum atomic E-state index is 12.9. The van der Waals surface area contributed by atoms with Crippen molar-refractivity contribution in [3.05, 3.63) is 72.1 Å². The van der Waals surface area contributed by atoms with Gasteiger partial charge in [0.2, 0.25) is 17.7 Å². The van der Waals surface area contributed by atoms with E-state index >= 15 is 0 Å². The van der Waals surface area contributed by atoms with Crippen LogP contribution in [0.3, 0.4) is 0 Å². The van der Waals surface area contributed by atoms with E-state index in [1.54, 1.807) is 18.6 Å². The normalized spacial score (nSPS) is 11.5. The third-order valence-electron chi connectivity index (χ3n) is 6.08. The van der Waals surface area contributed by atoms with E-state index in [9.17, 15) is 19.2 Å². The van der Waals surface area contributed by atoms with Crippen LogP contribution in [0.2, 0.25) is 0 Å². The van der Waals surface area contributed by atoms with Crippen LogP contribution in [0.1, 0.15) is 43.3 Å². The lowest BCUT2D eigenvalue weighted by Crippen LogP contribution is -2.48. The summed E-state index contributed by atoms with van der Waals surface area (Å²) in [5.41, 5.74) is 2.45. The van der Waals surface area contributed by atoms with Gasteiger partial charge in [0.1, 0.15) is 19.1 Å². The molecule has 3 aromatic rings. The summed E-state index contributed by atoms with van der Waals surface area (Å²) < 4.78 is 5.97. The van der Waals surface area contributed by atoms with Gasteiger partial charge in [-0.25, -0.2) is 4.68 Å². The van der Waals surface area contributed by atoms with Gasteiger partial charge in [0, 0.05) is 45.5 Å². The van der Waals surface area contributed by atoms with Gasteiger partial charge >= 0.3 is 5.97 Å². The van der Waals surface area contributed by atoms with Crippen molar-refractivity contribution in [1.82, 2.24) is 45.8 Å². The first-order valence-corrected chi connectivity index (χ1v) is 13.6. The van der Waals surface area contributed by atoms with Crippen molar-refractivity contribution in [2.75, 3.05) is 20.2 Å². The molecule has 0 radical (unpaired) electrons. The molecule has 0 saturated heterocycles. The molecule has 3 aromatic heterocycles. The Balaban J connectivity index is 1.59. The van der Waals surface area contributed by atoms with Crippen LogP contribution in [0, 0.1) is 0 Å². The lowest BCUT2D eigenvalue weighted by atomic mass is 10.1. The Hall–Kier alpha value is -4.72. The van der Waals surface area contributed by atoms with E-state index in [2.05, 4.69) is 45.9 Å². The van der Waals surface area contributed by atoms with E-state index in [0.29, 0.717) is 51.1 Å². The number of esters is 1. The molecule has 0 aliphatic rings. The number of nitrogens with zero attached hydrogens (tertiary/aromatic N) is 6. The fraction of sp³-hybridized carbons (Fsp3) is 0.429. The number of ether oxygens (including phenoxy) is 1. The minimum atomic E-state index is -0.880. The summed E-state index contributed by atoms with van der Waals surface area (Å²) in [7, 11) is 1.22. The lowest BCUT2D eigenvalue weighted by molar-refractivity contribution is -0.141. The van der Waals surface area contributed by atoms with Crippen LogP contribution < -0.4 is 16.0 Å². The number of aromatic nitrogens is 5. The molecule has 3 rings (SSSR count). The molecule has 0 spiro atoms. The maximum absolute atomic E-state index is 12.9. The topological polar surface area (TPSA) is 173 Å². The van der Waals surface area contributed by atoms with E-state index < -0.39 is 23.8 Å². The zero-order chi connectivity index (χ0) is 30.2. The Morgan fingerprint density at radius 2 is 1.60 bits per heavy atom. The number of pyridine rings is 2. The molecule has 3 heterocycles. The SMILES string of the molecule is COC(=O)CNC(=O)[C@H](CCCCNC(C)=O)NC(=O)Cn1cc(CN(Cc2ccccn2)Cc2ccccn2)nn1. The number of unbranched alkanes of at least 4 members (excludes halogenated alkanes) is 1. The Morgan fingerprint density at radius 3 is 2.19 bits per heavy atom.